The lowest BCUT2D eigenvalue weighted by atomic mass is 9.78. The summed E-state index contributed by atoms with van der Waals surface area (Å²) < 4.78 is 12.7. The number of rotatable bonds is 4. The minimum Gasteiger partial charge on any atom is -0.399 e. The van der Waals surface area contributed by atoms with E-state index in [4.69, 9.17) is 19.3 Å². The van der Waals surface area contributed by atoms with Crippen molar-refractivity contribution in [1.82, 2.24) is 9.97 Å². The van der Waals surface area contributed by atoms with Crippen molar-refractivity contribution in [3.8, 4) is 33.8 Å². The van der Waals surface area contributed by atoms with Gasteiger partial charge >= 0.3 is 7.12 Å². The van der Waals surface area contributed by atoms with Gasteiger partial charge in [-0.05, 0) is 84.0 Å². The zero-order chi connectivity index (χ0) is 30.8. The van der Waals surface area contributed by atoms with Gasteiger partial charge in [0.1, 0.15) is 0 Å². The molecule has 2 heterocycles. The molecule has 0 radical (unpaired) electrons. The summed E-state index contributed by atoms with van der Waals surface area (Å²) in [5, 5.41) is 6.05. The van der Waals surface area contributed by atoms with E-state index < -0.39 is 18.3 Å². The molecule has 218 valence electrons. The number of hydrogen-bond donors (Lipinski definition) is 0. The van der Waals surface area contributed by atoms with E-state index in [1.165, 1.54) is 27.1 Å². The molecule has 8 rings (SSSR count). The fraction of sp³-hybridized carbons (Fsp3) is 0.150. The van der Waals surface area contributed by atoms with Crippen LogP contribution in [0.4, 0.5) is 0 Å². The highest BCUT2D eigenvalue weighted by Gasteiger charge is 2.51. The van der Waals surface area contributed by atoms with Crippen LogP contribution in [0.25, 0.3) is 66.2 Å². The molecule has 7 aromatic rings. The normalized spacial score (nSPS) is 15.7. The first-order chi connectivity index (χ1) is 21.8. The van der Waals surface area contributed by atoms with E-state index >= 15 is 0 Å². The van der Waals surface area contributed by atoms with Crippen molar-refractivity contribution < 1.29 is 9.31 Å². The number of aromatic nitrogens is 2. The van der Waals surface area contributed by atoms with Crippen LogP contribution in [0.5, 0.6) is 0 Å². The van der Waals surface area contributed by atoms with Crippen LogP contribution < -0.4 is 5.46 Å². The summed E-state index contributed by atoms with van der Waals surface area (Å²) in [5.41, 5.74) is 6.24. The fourth-order valence-electron chi connectivity index (χ4n) is 6.27. The zero-order valence-electron chi connectivity index (χ0n) is 25.9. The first-order valence-electron chi connectivity index (χ1n) is 15.5. The molecule has 45 heavy (non-hydrogen) atoms. The summed E-state index contributed by atoms with van der Waals surface area (Å²) in [4.78, 5) is 10.2. The van der Waals surface area contributed by atoms with Crippen LogP contribution in [0, 0.1) is 0 Å². The smallest absolute Gasteiger partial charge is 0.399 e. The van der Waals surface area contributed by atoms with E-state index in [0.717, 1.165) is 38.8 Å². The molecule has 0 bridgehead atoms. The molecule has 1 aliphatic heterocycles. The van der Waals surface area contributed by atoms with Gasteiger partial charge in [0.2, 0.25) is 0 Å². The summed E-state index contributed by atoms with van der Waals surface area (Å²) in [6, 6.07) is 44.8. The standard InChI is InChI=1S/C40H33BN2O2/c1-39(2)40(3,4)45-41(44-39)32-15-10-14-31(25-32)38-42-36-18-8-7-17-35(36)37(43-38)30-13-9-12-27(24-30)28-21-22-34-29(23-28)20-19-26-11-5-6-16-33(26)34/h5-25H,1-4H3. The van der Waals surface area contributed by atoms with Crippen molar-refractivity contribution in [2.45, 2.75) is 38.9 Å². The van der Waals surface area contributed by atoms with E-state index in [-0.39, 0.29) is 0 Å². The number of hydrogen-bond acceptors (Lipinski definition) is 4. The Morgan fingerprint density at radius 3 is 1.98 bits per heavy atom. The molecule has 1 aliphatic rings. The quantitative estimate of drug-likeness (QED) is 0.153. The Balaban J connectivity index is 1.21. The summed E-state index contributed by atoms with van der Waals surface area (Å²) in [6.07, 6.45) is 0. The van der Waals surface area contributed by atoms with Gasteiger partial charge in [-0.2, -0.15) is 0 Å². The second-order valence-electron chi connectivity index (χ2n) is 12.9. The Bertz CT molecular complexity index is 2240. The number of fused-ring (bicyclic) bond motifs is 4. The predicted octanol–water partition coefficient (Wildman–Crippen LogP) is 9.24. The van der Waals surface area contributed by atoms with Gasteiger partial charge in [0.15, 0.2) is 5.82 Å². The molecular formula is C40H33BN2O2. The van der Waals surface area contributed by atoms with Crippen molar-refractivity contribution >= 4 is 45.0 Å². The predicted molar refractivity (Wildman–Crippen MR) is 187 cm³/mol. The third-order valence-corrected chi connectivity index (χ3v) is 9.49. The first-order valence-corrected chi connectivity index (χ1v) is 15.5. The van der Waals surface area contributed by atoms with Gasteiger partial charge < -0.3 is 9.31 Å². The van der Waals surface area contributed by atoms with Crippen molar-refractivity contribution in [2.24, 2.45) is 0 Å². The highest BCUT2D eigenvalue weighted by atomic mass is 16.7. The van der Waals surface area contributed by atoms with E-state index in [1.807, 2.05) is 24.3 Å². The topological polar surface area (TPSA) is 44.2 Å². The van der Waals surface area contributed by atoms with Crippen LogP contribution in [0.2, 0.25) is 0 Å². The fourth-order valence-corrected chi connectivity index (χ4v) is 6.27. The maximum Gasteiger partial charge on any atom is 0.494 e. The third-order valence-electron chi connectivity index (χ3n) is 9.49. The lowest BCUT2D eigenvalue weighted by molar-refractivity contribution is 0.00578. The molecular weight excluding hydrogens is 551 g/mol. The maximum atomic E-state index is 6.34. The lowest BCUT2D eigenvalue weighted by Gasteiger charge is -2.32. The Labute approximate surface area is 263 Å². The number of benzene rings is 6. The molecule has 1 aromatic heterocycles. The van der Waals surface area contributed by atoms with Crippen molar-refractivity contribution in [3.05, 3.63) is 127 Å². The molecule has 0 N–H and O–H groups in total. The zero-order valence-corrected chi connectivity index (χ0v) is 25.9. The van der Waals surface area contributed by atoms with Gasteiger partial charge in [-0.1, -0.05) is 109 Å². The molecule has 6 aromatic carbocycles. The van der Waals surface area contributed by atoms with Gasteiger partial charge in [0.05, 0.1) is 22.4 Å². The van der Waals surface area contributed by atoms with Gasteiger partial charge in [-0.3, -0.25) is 0 Å². The molecule has 0 atom stereocenters. The summed E-state index contributed by atoms with van der Waals surface area (Å²) in [6.45, 7) is 8.29. The number of para-hydroxylation sites is 1. The maximum absolute atomic E-state index is 6.34. The average molecular weight is 585 g/mol. The van der Waals surface area contributed by atoms with E-state index in [2.05, 4.69) is 131 Å². The highest BCUT2D eigenvalue weighted by molar-refractivity contribution is 6.62. The molecule has 1 fully saturated rings. The molecule has 0 aliphatic carbocycles. The molecule has 0 spiro atoms. The molecule has 0 saturated carbocycles. The van der Waals surface area contributed by atoms with Gasteiger partial charge in [0, 0.05) is 16.5 Å². The Morgan fingerprint density at radius 1 is 0.489 bits per heavy atom. The minimum absolute atomic E-state index is 0.413. The SMILES string of the molecule is CC1(C)OB(c2cccc(-c3nc(-c4cccc(-c5ccc6c(ccc7ccccc76)c5)c4)c4ccccc4n3)c2)OC1(C)C. The second kappa shape index (κ2) is 10.4. The molecule has 4 nitrogen and oxygen atoms in total. The lowest BCUT2D eigenvalue weighted by Crippen LogP contribution is -2.41. The number of nitrogens with zero attached hydrogens (tertiary/aromatic N) is 2. The summed E-state index contributed by atoms with van der Waals surface area (Å²) in [7, 11) is -0.452. The van der Waals surface area contributed by atoms with E-state index in [9.17, 15) is 0 Å². The van der Waals surface area contributed by atoms with Crippen molar-refractivity contribution in [1.29, 1.82) is 0 Å². The average Bonchev–Trinajstić information content (AvgIpc) is 3.30. The minimum atomic E-state index is -0.452. The molecule has 5 heteroatoms. The van der Waals surface area contributed by atoms with Crippen molar-refractivity contribution in [3.63, 3.8) is 0 Å². The van der Waals surface area contributed by atoms with Crippen LogP contribution in [-0.4, -0.2) is 28.3 Å². The van der Waals surface area contributed by atoms with Gasteiger partial charge in [-0.15, -0.1) is 0 Å². The van der Waals surface area contributed by atoms with Gasteiger partial charge in [-0.25, -0.2) is 9.97 Å². The van der Waals surface area contributed by atoms with Crippen molar-refractivity contribution in [2.75, 3.05) is 0 Å². The van der Waals surface area contributed by atoms with Crippen LogP contribution >= 0.6 is 0 Å². The summed E-state index contributed by atoms with van der Waals surface area (Å²) in [5.74, 6) is 0.671. The highest BCUT2D eigenvalue weighted by Crippen LogP contribution is 2.37. The Morgan fingerprint density at radius 2 is 1.13 bits per heavy atom. The van der Waals surface area contributed by atoms with Crippen LogP contribution in [0.15, 0.2) is 127 Å². The Hall–Kier alpha value is -4.84. The third kappa shape index (κ3) is 4.80. The van der Waals surface area contributed by atoms with Crippen LogP contribution in [-0.2, 0) is 9.31 Å². The van der Waals surface area contributed by atoms with E-state index in [1.54, 1.807) is 0 Å². The first kappa shape index (κ1) is 27.7. The second-order valence-corrected chi connectivity index (χ2v) is 12.9. The van der Waals surface area contributed by atoms with E-state index in [0.29, 0.717) is 5.82 Å². The molecule has 1 saturated heterocycles. The Kier molecular flexibility index (Phi) is 6.38. The largest absolute Gasteiger partial charge is 0.494 e. The van der Waals surface area contributed by atoms with Crippen LogP contribution in [0.1, 0.15) is 27.7 Å². The monoisotopic (exact) mass is 584 g/mol. The summed E-state index contributed by atoms with van der Waals surface area (Å²) >= 11 is 0. The molecule has 0 unspecified atom stereocenters. The molecule has 0 amide bonds. The van der Waals surface area contributed by atoms with Crippen LogP contribution in [0.3, 0.4) is 0 Å². The van der Waals surface area contributed by atoms with Gasteiger partial charge in [0.25, 0.3) is 0 Å².